The molecule has 0 aliphatic carbocycles. The molecule has 4 rings (SSSR count). The predicted molar refractivity (Wildman–Crippen MR) is 123 cm³/mol. The van der Waals surface area contributed by atoms with Gasteiger partial charge in [-0.25, -0.2) is 0 Å². The molecule has 2 aliphatic heterocycles. The van der Waals surface area contributed by atoms with Crippen LogP contribution in [0.25, 0.3) is 0 Å². The molecule has 7 nitrogen and oxygen atoms in total. The van der Waals surface area contributed by atoms with Gasteiger partial charge in [-0.3, -0.25) is 9.59 Å². The van der Waals surface area contributed by atoms with Gasteiger partial charge in [-0.15, -0.1) is 0 Å². The van der Waals surface area contributed by atoms with Crippen LogP contribution in [0.4, 0.5) is 17.1 Å². The first-order chi connectivity index (χ1) is 15.0. The summed E-state index contributed by atoms with van der Waals surface area (Å²) in [6.45, 7) is 9.54. The summed E-state index contributed by atoms with van der Waals surface area (Å²) >= 11 is 0. The average Bonchev–Trinajstić information content (AvgIpc) is 2.78. The van der Waals surface area contributed by atoms with Crippen molar-refractivity contribution in [3.63, 3.8) is 0 Å². The van der Waals surface area contributed by atoms with Gasteiger partial charge >= 0.3 is 0 Å². The molecule has 2 N–H and O–H groups in total. The molecule has 164 valence electrons. The predicted octanol–water partition coefficient (Wildman–Crippen LogP) is 3.04. The van der Waals surface area contributed by atoms with Crippen LogP contribution in [0, 0.1) is 6.92 Å². The summed E-state index contributed by atoms with van der Waals surface area (Å²) in [5, 5.41) is 5.76. The fourth-order valence-corrected chi connectivity index (χ4v) is 4.19. The van der Waals surface area contributed by atoms with E-state index >= 15 is 0 Å². The lowest BCUT2D eigenvalue weighted by atomic mass is 10.0. The lowest BCUT2D eigenvalue weighted by Crippen LogP contribution is -2.46. The number of anilines is 3. The Labute approximate surface area is 183 Å². The van der Waals surface area contributed by atoms with Gasteiger partial charge in [-0.05, 0) is 67.4 Å². The minimum atomic E-state index is -0.199. The van der Waals surface area contributed by atoms with Crippen molar-refractivity contribution in [2.45, 2.75) is 26.7 Å². The van der Waals surface area contributed by atoms with Crippen LogP contribution in [0.5, 0.6) is 5.75 Å². The molecule has 0 radical (unpaired) electrons. The molecule has 2 heterocycles. The Morgan fingerprint density at radius 3 is 2.65 bits per heavy atom. The first-order valence-electron chi connectivity index (χ1n) is 10.9. The van der Waals surface area contributed by atoms with Gasteiger partial charge in [0.15, 0.2) is 6.61 Å². The van der Waals surface area contributed by atoms with Crippen LogP contribution in [0.1, 0.15) is 24.5 Å². The lowest BCUT2D eigenvalue weighted by molar-refractivity contribution is -0.118. The molecule has 31 heavy (non-hydrogen) atoms. The van der Waals surface area contributed by atoms with Crippen molar-refractivity contribution < 1.29 is 14.3 Å². The molecular weight excluding hydrogens is 392 g/mol. The van der Waals surface area contributed by atoms with Crippen LogP contribution < -0.4 is 20.3 Å². The van der Waals surface area contributed by atoms with Crippen LogP contribution in [0.3, 0.4) is 0 Å². The standard InChI is InChI=1S/C24H30N4O3/c1-3-27-10-12-28(13-11-27)22-8-5-19(14-17(22)2)25-24(30)16-31-20-6-7-21-18(15-20)4-9-23(29)26-21/h5-8,14-15H,3-4,9-13,16H2,1-2H3,(H,25,30)(H,26,29). The molecule has 2 aliphatic rings. The second-order valence-electron chi connectivity index (χ2n) is 8.13. The van der Waals surface area contributed by atoms with Gasteiger partial charge in [-0.1, -0.05) is 6.92 Å². The lowest BCUT2D eigenvalue weighted by Gasteiger charge is -2.36. The van der Waals surface area contributed by atoms with Gasteiger partial charge < -0.3 is 25.2 Å². The van der Waals surface area contributed by atoms with E-state index in [9.17, 15) is 9.59 Å². The highest BCUT2D eigenvalue weighted by Gasteiger charge is 2.18. The average molecular weight is 423 g/mol. The Balaban J connectivity index is 1.31. The molecule has 0 spiro atoms. The molecular formula is C24H30N4O3. The number of amides is 2. The number of piperazine rings is 1. The third-order valence-electron chi connectivity index (χ3n) is 5.98. The maximum atomic E-state index is 12.4. The van der Waals surface area contributed by atoms with E-state index in [0.717, 1.165) is 55.2 Å². The van der Waals surface area contributed by atoms with E-state index in [-0.39, 0.29) is 18.4 Å². The summed E-state index contributed by atoms with van der Waals surface area (Å²) < 4.78 is 5.67. The number of fused-ring (bicyclic) bond motifs is 1. The van der Waals surface area contributed by atoms with Gasteiger partial charge in [0.2, 0.25) is 5.91 Å². The minimum Gasteiger partial charge on any atom is -0.484 e. The van der Waals surface area contributed by atoms with Crippen molar-refractivity contribution in [3.05, 3.63) is 47.5 Å². The van der Waals surface area contributed by atoms with Crippen LogP contribution in [0.15, 0.2) is 36.4 Å². The van der Waals surface area contributed by atoms with Crippen molar-refractivity contribution in [1.82, 2.24) is 4.90 Å². The Morgan fingerprint density at radius 2 is 1.90 bits per heavy atom. The second-order valence-corrected chi connectivity index (χ2v) is 8.13. The summed E-state index contributed by atoms with van der Waals surface area (Å²) in [6, 6.07) is 11.5. The second kappa shape index (κ2) is 9.39. The largest absolute Gasteiger partial charge is 0.484 e. The number of aryl methyl sites for hydroxylation is 2. The first-order valence-corrected chi connectivity index (χ1v) is 10.9. The highest BCUT2D eigenvalue weighted by Crippen LogP contribution is 2.27. The van der Waals surface area contributed by atoms with Crippen molar-refractivity contribution in [3.8, 4) is 5.75 Å². The van der Waals surface area contributed by atoms with Gasteiger partial charge in [0.05, 0.1) is 0 Å². The highest BCUT2D eigenvalue weighted by atomic mass is 16.5. The van der Waals surface area contributed by atoms with Crippen LogP contribution in [0.2, 0.25) is 0 Å². The number of benzene rings is 2. The highest BCUT2D eigenvalue weighted by molar-refractivity contribution is 5.94. The number of hydrogen-bond donors (Lipinski definition) is 2. The summed E-state index contributed by atoms with van der Waals surface area (Å²) in [4.78, 5) is 28.7. The Hall–Kier alpha value is -3.06. The number of ether oxygens (including phenoxy) is 1. The number of likely N-dealkylation sites (N-methyl/N-ethyl adjacent to an activating group) is 1. The SMILES string of the molecule is CCN1CCN(c2ccc(NC(=O)COc3ccc4c(c3)CCC(=O)N4)cc2C)CC1. The summed E-state index contributed by atoms with van der Waals surface area (Å²) in [7, 11) is 0. The first kappa shape index (κ1) is 21.2. The summed E-state index contributed by atoms with van der Waals surface area (Å²) in [6.07, 6.45) is 1.16. The number of carbonyl (C=O) groups is 2. The maximum Gasteiger partial charge on any atom is 0.262 e. The number of hydrogen-bond acceptors (Lipinski definition) is 5. The molecule has 0 atom stereocenters. The van der Waals surface area contributed by atoms with Gasteiger partial charge in [-0.2, -0.15) is 0 Å². The normalized spacial score (nSPS) is 16.5. The van der Waals surface area contributed by atoms with E-state index in [2.05, 4.69) is 40.3 Å². The molecule has 2 amide bonds. The number of nitrogens with zero attached hydrogens (tertiary/aromatic N) is 2. The van der Waals surface area contributed by atoms with E-state index < -0.39 is 0 Å². The molecule has 0 bridgehead atoms. The van der Waals surface area contributed by atoms with Crippen molar-refractivity contribution in [2.24, 2.45) is 0 Å². The maximum absolute atomic E-state index is 12.4. The quantitative estimate of drug-likeness (QED) is 0.749. The van der Waals surface area contributed by atoms with Crippen LogP contribution in [-0.4, -0.2) is 56.0 Å². The van der Waals surface area contributed by atoms with Gasteiger partial charge in [0.25, 0.3) is 5.91 Å². The molecule has 0 unspecified atom stereocenters. The van der Waals surface area contributed by atoms with Crippen LogP contribution >= 0.6 is 0 Å². The fourth-order valence-electron chi connectivity index (χ4n) is 4.19. The molecule has 1 fully saturated rings. The Morgan fingerprint density at radius 1 is 1.10 bits per heavy atom. The zero-order chi connectivity index (χ0) is 21.8. The Bertz CT molecular complexity index is 967. The van der Waals surface area contributed by atoms with Crippen molar-refractivity contribution >= 4 is 28.9 Å². The smallest absolute Gasteiger partial charge is 0.262 e. The molecule has 0 aromatic heterocycles. The van der Waals surface area contributed by atoms with Crippen molar-refractivity contribution in [2.75, 3.05) is 54.9 Å². The minimum absolute atomic E-state index is 0.0325. The van der Waals surface area contributed by atoms with Crippen LogP contribution in [-0.2, 0) is 16.0 Å². The monoisotopic (exact) mass is 422 g/mol. The third-order valence-corrected chi connectivity index (χ3v) is 5.98. The van der Waals surface area contributed by atoms with E-state index in [4.69, 9.17) is 4.74 Å². The van der Waals surface area contributed by atoms with E-state index in [0.29, 0.717) is 18.6 Å². The zero-order valence-corrected chi connectivity index (χ0v) is 18.2. The third kappa shape index (κ3) is 5.17. The van der Waals surface area contributed by atoms with E-state index in [1.165, 1.54) is 5.69 Å². The van der Waals surface area contributed by atoms with Crippen molar-refractivity contribution in [1.29, 1.82) is 0 Å². The van der Waals surface area contributed by atoms with Gasteiger partial charge in [0.1, 0.15) is 5.75 Å². The molecule has 1 saturated heterocycles. The molecule has 2 aromatic carbocycles. The topological polar surface area (TPSA) is 73.9 Å². The molecule has 0 saturated carbocycles. The van der Waals surface area contributed by atoms with E-state index in [1.807, 2.05) is 24.3 Å². The summed E-state index contributed by atoms with van der Waals surface area (Å²) in [5.74, 6) is 0.461. The molecule has 2 aromatic rings. The van der Waals surface area contributed by atoms with E-state index in [1.54, 1.807) is 6.07 Å². The number of carbonyl (C=O) groups excluding carboxylic acids is 2. The zero-order valence-electron chi connectivity index (χ0n) is 18.2. The Kier molecular flexibility index (Phi) is 6.42. The number of nitrogens with one attached hydrogen (secondary N) is 2. The van der Waals surface area contributed by atoms with Gasteiger partial charge in [0, 0.05) is 49.7 Å². The molecule has 7 heteroatoms. The fraction of sp³-hybridized carbons (Fsp3) is 0.417. The number of rotatable bonds is 6. The summed E-state index contributed by atoms with van der Waals surface area (Å²) in [5.41, 5.74) is 5.00.